The highest BCUT2D eigenvalue weighted by Crippen LogP contribution is 2.20. The van der Waals surface area contributed by atoms with Crippen LogP contribution in [0.2, 0.25) is 0 Å². The quantitative estimate of drug-likeness (QED) is 0.326. The molecule has 0 radical (unpaired) electrons. The van der Waals surface area contributed by atoms with Crippen LogP contribution in [0.3, 0.4) is 0 Å². The van der Waals surface area contributed by atoms with Crippen LogP contribution in [-0.4, -0.2) is 12.6 Å². The number of esters is 1. The summed E-state index contributed by atoms with van der Waals surface area (Å²) in [5.74, 6) is 0.731. The highest BCUT2D eigenvalue weighted by Gasteiger charge is 2.09. The molecule has 0 aliphatic heterocycles. The molecule has 114 valence electrons. The summed E-state index contributed by atoms with van der Waals surface area (Å²) in [6.45, 7) is 7.14. The van der Waals surface area contributed by atoms with E-state index in [0.717, 1.165) is 18.8 Å². The Balaban J connectivity index is 3.75. The highest BCUT2D eigenvalue weighted by atomic mass is 16.5. The summed E-state index contributed by atoms with van der Waals surface area (Å²) in [7, 11) is 0. The van der Waals surface area contributed by atoms with E-state index in [1.54, 1.807) is 0 Å². The molecule has 2 heteroatoms. The Bertz CT molecular complexity index is 201. The van der Waals surface area contributed by atoms with E-state index in [9.17, 15) is 4.79 Å². The van der Waals surface area contributed by atoms with Gasteiger partial charge in [-0.2, -0.15) is 0 Å². The Morgan fingerprint density at radius 2 is 1.53 bits per heavy atom. The predicted molar refractivity (Wildman–Crippen MR) is 82.3 cm³/mol. The molecule has 0 saturated heterocycles. The van der Waals surface area contributed by atoms with Gasteiger partial charge >= 0.3 is 5.97 Å². The molecule has 2 nitrogen and oxygen atoms in total. The van der Waals surface area contributed by atoms with Crippen LogP contribution >= 0.6 is 0 Å². The minimum atomic E-state index is -0.0253. The number of ether oxygens (including phenoxy) is 1. The summed E-state index contributed by atoms with van der Waals surface area (Å²) >= 11 is 0. The molecular weight excluding hydrogens is 236 g/mol. The summed E-state index contributed by atoms with van der Waals surface area (Å²) < 4.78 is 5.28. The van der Waals surface area contributed by atoms with Crippen molar-refractivity contribution in [2.24, 2.45) is 5.92 Å². The molecule has 0 fully saturated rings. The third-order valence-electron chi connectivity index (χ3n) is 3.68. The maximum atomic E-state index is 11.3. The van der Waals surface area contributed by atoms with Crippen LogP contribution < -0.4 is 0 Å². The van der Waals surface area contributed by atoms with Crippen molar-refractivity contribution in [3.63, 3.8) is 0 Å². The fourth-order valence-electron chi connectivity index (χ4n) is 2.40. The lowest BCUT2D eigenvalue weighted by molar-refractivity contribution is -0.144. The zero-order chi connectivity index (χ0) is 14.3. The number of unbranched alkanes of at least 4 members (excludes halogenated alkanes) is 4. The number of rotatable bonds is 13. The van der Waals surface area contributed by atoms with Crippen molar-refractivity contribution < 1.29 is 9.53 Å². The Kier molecular flexibility index (Phi) is 13.5. The topological polar surface area (TPSA) is 26.3 Å². The number of hydrogen-bond acceptors (Lipinski definition) is 2. The fraction of sp³-hybridized carbons (Fsp3) is 0.941. The molecule has 0 bridgehead atoms. The lowest BCUT2D eigenvalue weighted by Crippen LogP contribution is -2.10. The molecule has 0 heterocycles. The Morgan fingerprint density at radius 3 is 2.16 bits per heavy atom. The van der Waals surface area contributed by atoms with E-state index in [-0.39, 0.29) is 5.97 Å². The van der Waals surface area contributed by atoms with Gasteiger partial charge in [0.2, 0.25) is 0 Å². The molecule has 1 unspecified atom stereocenters. The molecule has 0 aromatic rings. The Hall–Kier alpha value is -0.530. The minimum Gasteiger partial charge on any atom is -0.466 e. The van der Waals surface area contributed by atoms with Crippen molar-refractivity contribution in [1.82, 2.24) is 0 Å². The monoisotopic (exact) mass is 270 g/mol. The van der Waals surface area contributed by atoms with Crippen molar-refractivity contribution in [3.8, 4) is 0 Å². The van der Waals surface area contributed by atoms with Gasteiger partial charge in [-0.3, -0.25) is 4.79 Å². The second-order valence-electron chi connectivity index (χ2n) is 5.62. The van der Waals surface area contributed by atoms with Crippen molar-refractivity contribution in [2.75, 3.05) is 6.61 Å². The Morgan fingerprint density at radius 1 is 0.842 bits per heavy atom. The number of hydrogen-bond donors (Lipinski definition) is 0. The van der Waals surface area contributed by atoms with Crippen LogP contribution in [-0.2, 0) is 9.53 Å². The van der Waals surface area contributed by atoms with E-state index in [4.69, 9.17) is 4.74 Å². The van der Waals surface area contributed by atoms with Gasteiger partial charge in [0, 0.05) is 6.42 Å². The van der Waals surface area contributed by atoms with Crippen LogP contribution in [0.25, 0.3) is 0 Å². The van der Waals surface area contributed by atoms with Gasteiger partial charge in [-0.15, -0.1) is 0 Å². The predicted octanol–water partition coefficient (Wildman–Crippen LogP) is 5.50. The third kappa shape index (κ3) is 12.3. The Labute approximate surface area is 120 Å². The largest absolute Gasteiger partial charge is 0.466 e. The van der Waals surface area contributed by atoms with E-state index in [0.29, 0.717) is 13.0 Å². The van der Waals surface area contributed by atoms with Crippen LogP contribution in [0, 0.1) is 5.92 Å². The van der Waals surface area contributed by atoms with E-state index >= 15 is 0 Å². The smallest absolute Gasteiger partial charge is 0.305 e. The van der Waals surface area contributed by atoms with Gasteiger partial charge in [-0.05, 0) is 18.8 Å². The average molecular weight is 270 g/mol. The van der Waals surface area contributed by atoms with Gasteiger partial charge in [0.1, 0.15) is 0 Å². The van der Waals surface area contributed by atoms with Crippen molar-refractivity contribution >= 4 is 5.97 Å². The fourth-order valence-corrected chi connectivity index (χ4v) is 2.40. The molecule has 0 aromatic carbocycles. The molecule has 0 aliphatic rings. The van der Waals surface area contributed by atoms with Crippen LogP contribution in [0.1, 0.15) is 91.4 Å². The van der Waals surface area contributed by atoms with E-state index in [1.807, 2.05) is 6.92 Å². The summed E-state index contributed by atoms with van der Waals surface area (Å²) in [6, 6.07) is 0. The first-order chi connectivity index (χ1) is 9.24. The zero-order valence-corrected chi connectivity index (χ0v) is 13.4. The standard InChI is InChI=1S/C17H34O2/c1-4-7-9-10-13-16(12-8-5-2)14-15-19-17(18)11-6-3/h16H,4-15H2,1-3H3. The van der Waals surface area contributed by atoms with Gasteiger partial charge < -0.3 is 4.74 Å². The van der Waals surface area contributed by atoms with E-state index < -0.39 is 0 Å². The lowest BCUT2D eigenvalue weighted by Gasteiger charge is -2.16. The molecule has 0 N–H and O–H groups in total. The van der Waals surface area contributed by atoms with Crippen molar-refractivity contribution in [2.45, 2.75) is 91.4 Å². The van der Waals surface area contributed by atoms with Crippen LogP contribution in [0.15, 0.2) is 0 Å². The average Bonchev–Trinajstić information content (AvgIpc) is 2.40. The summed E-state index contributed by atoms with van der Waals surface area (Å²) in [6.07, 6.45) is 13.0. The maximum absolute atomic E-state index is 11.3. The van der Waals surface area contributed by atoms with Crippen LogP contribution in [0.5, 0.6) is 0 Å². The lowest BCUT2D eigenvalue weighted by atomic mass is 9.92. The molecule has 1 atom stereocenters. The molecule has 0 spiro atoms. The zero-order valence-electron chi connectivity index (χ0n) is 13.4. The van der Waals surface area contributed by atoms with E-state index in [1.165, 1.54) is 51.4 Å². The summed E-state index contributed by atoms with van der Waals surface area (Å²) in [4.78, 5) is 11.3. The molecule has 0 aliphatic carbocycles. The third-order valence-corrected chi connectivity index (χ3v) is 3.68. The van der Waals surface area contributed by atoms with Crippen molar-refractivity contribution in [1.29, 1.82) is 0 Å². The van der Waals surface area contributed by atoms with Gasteiger partial charge in [-0.25, -0.2) is 0 Å². The molecule has 0 rings (SSSR count). The van der Waals surface area contributed by atoms with Gasteiger partial charge in [0.05, 0.1) is 6.61 Å². The number of carbonyl (C=O) groups is 1. The van der Waals surface area contributed by atoms with Gasteiger partial charge in [0.15, 0.2) is 0 Å². The van der Waals surface area contributed by atoms with Gasteiger partial charge in [-0.1, -0.05) is 72.1 Å². The SMILES string of the molecule is CCCCCCC(CCCC)CCOC(=O)CCC. The maximum Gasteiger partial charge on any atom is 0.305 e. The normalized spacial score (nSPS) is 12.4. The van der Waals surface area contributed by atoms with E-state index in [2.05, 4.69) is 13.8 Å². The second kappa shape index (κ2) is 13.9. The first-order valence-corrected chi connectivity index (χ1v) is 8.40. The molecule has 0 saturated carbocycles. The summed E-state index contributed by atoms with van der Waals surface area (Å²) in [5, 5.41) is 0. The molecule has 0 aromatic heterocycles. The minimum absolute atomic E-state index is 0.0253. The first-order valence-electron chi connectivity index (χ1n) is 8.40. The van der Waals surface area contributed by atoms with Gasteiger partial charge in [0.25, 0.3) is 0 Å². The first kappa shape index (κ1) is 18.5. The highest BCUT2D eigenvalue weighted by molar-refractivity contribution is 5.69. The van der Waals surface area contributed by atoms with Crippen LogP contribution in [0.4, 0.5) is 0 Å². The second-order valence-corrected chi connectivity index (χ2v) is 5.62. The molecule has 19 heavy (non-hydrogen) atoms. The summed E-state index contributed by atoms with van der Waals surface area (Å²) in [5.41, 5.74) is 0. The number of carbonyl (C=O) groups excluding carboxylic acids is 1. The molecular formula is C17H34O2. The molecule has 0 amide bonds. The van der Waals surface area contributed by atoms with Crippen molar-refractivity contribution in [3.05, 3.63) is 0 Å².